The molecule has 0 radical (unpaired) electrons. The first-order valence-electron chi connectivity index (χ1n) is 7.08. The highest BCUT2D eigenvalue weighted by atomic mass is 16.1. The number of para-hydroxylation sites is 1. The Balaban J connectivity index is 2.29. The maximum Gasteiger partial charge on any atom is 0.259 e. The first-order valence-corrected chi connectivity index (χ1v) is 7.08. The lowest BCUT2D eigenvalue weighted by molar-refractivity contribution is -0.114. The van der Waals surface area contributed by atoms with Crippen LogP contribution in [0.2, 0.25) is 0 Å². The number of nitrogens with zero attached hydrogens (tertiary/aromatic N) is 2. The summed E-state index contributed by atoms with van der Waals surface area (Å²) in [5.41, 5.74) is 8.26. The normalized spacial score (nSPS) is 11.7. The quantitative estimate of drug-likeness (QED) is 0.594. The van der Waals surface area contributed by atoms with E-state index in [1.54, 1.807) is 0 Å². The number of fused-ring (bicyclic) bond motifs is 3. The summed E-state index contributed by atoms with van der Waals surface area (Å²) in [5, 5.41) is 11.2. The van der Waals surface area contributed by atoms with Gasteiger partial charge in [-0.3, -0.25) is 4.79 Å². The van der Waals surface area contributed by atoms with Crippen molar-refractivity contribution in [1.29, 1.82) is 5.26 Å². The number of nitrogens with two attached hydrogens (primary N) is 1. The molecule has 0 bridgehead atoms. The first kappa shape index (κ1) is 13.9. The molecule has 22 heavy (non-hydrogen) atoms. The fourth-order valence-electron chi connectivity index (χ4n) is 2.83. The molecule has 0 saturated carbocycles. The van der Waals surface area contributed by atoms with Crippen molar-refractivity contribution in [2.45, 2.75) is 13.5 Å². The summed E-state index contributed by atoms with van der Waals surface area (Å²) in [4.78, 5) is 11.2. The van der Waals surface area contributed by atoms with Crippen LogP contribution in [0.15, 0.2) is 48.0 Å². The number of carbonyl (C=O) groups excluding carboxylic acids is 1. The van der Waals surface area contributed by atoms with Crippen molar-refractivity contribution in [2.75, 3.05) is 0 Å². The number of aromatic nitrogens is 1. The molecule has 2 N–H and O–H groups in total. The van der Waals surface area contributed by atoms with Crippen LogP contribution in [0, 0.1) is 11.3 Å². The minimum Gasteiger partial charge on any atom is -0.365 e. The Kier molecular flexibility index (Phi) is 3.40. The number of hydrogen-bond donors (Lipinski definition) is 1. The molecule has 3 rings (SSSR count). The summed E-state index contributed by atoms with van der Waals surface area (Å²) in [6.45, 7) is 2.99. The number of nitriles is 1. The monoisotopic (exact) mass is 289 g/mol. The zero-order valence-electron chi connectivity index (χ0n) is 12.2. The van der Waals surface area contributed by atoms with Crippen molar-refractivity contribution < 1.29 is 4.79 Å². The van der Waals surface area contributed by atoms with Crippen LogP contribution in [-0.4, -0.2) is 10.5 Å². The first-order chi connectivity index (χ1) is 10.7. The fourth-order valence-corrected chi connectivity index (χ4v) is 2.83. The lowest BCUT2D eigenvalue weighted by atomic mass is 10.1. The number of amides is 1. The average Bonchev–Trinajstić information content (AvgIpc) is 2.85. The van der Waals surface area contributed by atoms with E-state index in [9.17, 15) is 4.79 Å². The summed E-state index contributed by atoms with van der Waals surface area (Å²) in [6, 6.07) is 15.9. The summed E-state index contributed by atoms with van der Waals surface area (Å²) >= 11 is 0. The van der Waals surface area contributed by atoms with Crippen LogP contribution in [0.1, 0.15) is 12.5 Å². The summed E-state index contributed by atoms with van der Waals surface area (Å²) in [5.74, 6) is -0.710. The number of hydrogen-bond acceptors (Lipinski definition) is 2. The van der Waals surface area contributed by atoms with Gasteiger partial charge in [0.2, 0.25) is 0 Å². The molecule has 0 spiro atoms. The average molecular weight is 289 g/mol. The SMILES string of the molecule is CCn1c2ccccc2c2cc(/C=C(\C#N)C(N)=O)ccc21. The van der Waals surface area contributed by atoms with Gasteiger partial charge in [-0.1, -0.05) is 24.3 Å². The largest absolute Gasteiger partial charge is 0.365 e. The maximum atomic E-state index is 11.2. The molecular weight excluding hydrogens is 274 g/mol. The van der Waals surface area contributed by atoms with E-state index in [4.69, 9.17) is 11.0 Å². The van der Waals surface area contributed by atoms with Gasteiger partial charge in [0.25, 0.3) is 5.91 Å². The number of carbonyl (C=O) groups is 1. The predicted octanol–water partition coefficient (Wildman–Crippen LogP) is 3.21. The zero-order chi connectivity index (χ0) is 15.7. The molecule has 0 aliphatic heterocycles. The molecule has 0 unspecified atom stereocenters. The predicted molar refractivity (Wildman–Crippen MR) is 87.9 cm³/mol. The van der Waals surface area contributed by atoms with Crippen molar-refractivity contribution >= 4 is 33.8 Å². The molecule has 0 aliphatic carbocycles. The van der Waals surface area contributed by atoms with Crippen LogP contribution in [-0.2, 0) is 11.3 Å². The molecule has 108 valence electrons. The summed E-state index contributed by atoms with van der Waals surface area (Å²) < 4.78 is 2.25. The highest BCUT2D eigenvalue weighted by Gasteiger charge is 2.10. The molecule has 2 aromatic carbocycles. The molecular formula is C18H15N3O. The Hall–Kier alpha value is -3.06. The van der Waals surface area contributed by atoms with E-state index < -0.39 is 5.91 Å². The minimum absolute atomic E-state index is 0.0430. The number of benzene rings is 2. The number of rotatable bonds is 3. The third-order valence-corrected chi connectivity index (χ3v) is 3.81. The van der Waals surface area contributed by atoms with E-state index in [1.165, 1.54) is 11.6 Å². The zero-order valence-corrected chi connectivity index (χ0v) is 12.2. The van der Waals surface area contributed by atoms with Gasteiger partial charge in [-0.2, -0.15) is 5.26 Å². The van der Waals surface area contributed by atoms with Gasteiger partial charge < -0.3 is 10.3 Å². The minimum atomic E-state index is -0.710. The van der Waals surface area contributed by atoms with Gasteiger partial charge in [-0.25, -0.2) is 0 Å². The molecule has 1 aromatic heterocycles. The second-order valence-corrected chi connectivity index (χ2v) is 5.07. The molecule has 0 saturated heterocycles. The van der Waals surface area contributed by atoms with E-state index in [-0.39, 0.29) is 5.57 Å². The Bertz CT molecular complexity index is 958. The highest BCUT2D eigenvalue weighted by Crippen LogP contribution is 2.30. The Labute approximate surface area is 128 Å². The third-order valence-electron chi connectivity index (χ3n) is 3.81. The molecule has 0 fully saturated rings. The van der Waals surface area contributed by atoms with Gasteiger partial charge >= 0.3 is 0 Å². The van der Waals surface area contributed by atoms with Gasteiger partial charge in [-0.15, -0.1) is 0 Å². The van der Waals surface area contributed by atoms with Crippen LogP contribution in [0.4, 0.5) is 0 Å². The van der Waals surface area contributed by atoms with Crippen molar-refractivity contribution in [1.82, 2.24) is 4.57 Å². The summed E-state index contributed by atoms with van der Waals surface area (Å²) in [7, 11) is 0. The number of aryl methyl sites for hydroxylation is 1. The van der Waals surface area contributed by atoms with Gasteiger partial charge in [0.1, 0.15) is 11.6 Å². The molecule has 1 amide bonds. The highest BCUT2D eigenvalue weighted by molar-refractivity contribution is 6.09. The maximum absolute atomic E-state index is 11.2. The van der Waals surface area contributed by atoms with Gasteiger partial charge in [0.15, 0.2) is 0 Å². The standard InChI is InChI=1S/C18H15N3O/c1-2-21-16-6-4-3-5-14(16)15-10-12(7-8-17(15)21)9-13(11-19)18(20)22/h3-10H,2H2,1H3,(H2,20,22)/b13-9+. The van der Waals surface area contributed by atoms with Gasteiger partial charge in [0, 0.05) is 28.4 Å². The molecule has 4 heteroatoms. The lowest BCUT2D eigenvalue weighted by Crippen LogP contribution is -2.12. The fraction of sp³-hybridized carbons (Fsp3) is 0.111. The smallest absolute Gasteiger partial charge is 0.259 e. The molecule has 4 nitrogen and oxygen atoms in total. The molecule has 0 aliphatic rings. The van der Waals surface area contributed by atoms with E-state index in [2.05, 4.69) is 23.6 Å². The van der Waals surface area contributed by atoms with Gasteiger partial charge in [0.05, 0.1) is 0 Å². The third kappa shape index (κ3) is 2.13. The van der Waals surface area contributed by atoms with E-state index >= 15 is 0 Å². The molecule has 3 aromatic rings. The number of primary amides is 1. The van der Waals surface area contributed by atoms with E-state index in [1.807, 2.05) is 36.4 Å². The second kappa shape index (κ2) is 5.38. The van der Waals surface area contributed by atoms with Crippen molar-refractivity contribution in [3.05, 3.63) is 53.6 Å². The van der Waals surface area contributed by atoms with Crippen LogP contribution in [0.3, 0.4) is 0 Å². The second-order valence-electron chi connectivity index (χ2n) is 5.07. The van der Waals surface area contributed by atoms with Crippen molar-refractivity contribution in [3.63, 3.8) is 0 Å². The summed E-state index contributed by atoms with van der Waals surface area (Å²) in [6.07, 6.45) is 1.53. The van der Waals surface area contributed by atoms with Crippen LogP contribution < -0.4 is 5.73 Å². The van der Waals surface area contributed by atoms with Crippen molar-refractivity contribution in [2.24, 2.45) is 5.73 Å². The molecule has 1 heterocycles. The Morgan fingerprint density at radius 1 is 1.23 bits per heavy atom. The van der Waals surface area contributed by atoms with Gasteiger partial charge in [-0.05, 0) is 36.8 Å². The van der Waals surface area contributed by atoms with Crippen LogP contribution in [0.5, 0.6) is 0 Å². The van der Waals surface area contributed by atoms with Crippen LogP contribution in [0.25, 0.3) is 27.9 Å². The Morgan fingerprint density at radius 2 is 1.95 bits per heavy atom. The van der Waals surface area contributed by atoms with Crippen LogP contribution >= 0.6 is 0 Å². The Morgan fingerprint density at radius 3 is 2.64 bits per heavy atom. The lowest BCUT2D eigenvalue weighted by Gasteiger charge is -2.02. The molecule has 0 atom stereocenters. The topological polar surface area (TPSA) is 71.8 Å². The van der Waals surface area contributed by atoms with E-state index in [0.717, 1.165) is 28.4 Å². The van der Waals surface area contributed by atoms with E-state index in [0.29, 0.717) is 0 Å². The van der Waals surface area contributed by atoms with Crippen molar-refractivity contribution in [3.8, 4) is 6.07 Å².